The summed E-state index contributed by atoms with van der Waals surface area (Å²) < 4.78 is 28.8. The smallest absolute Gasteiger partial charge is 0.266 e. The summed E-state index contributed by atoms with van der Waals surface area (Å²) in [7, 11) is -0.168. The van der Waals surface area contributed by atoms with Crippen LogP contribution < -0.4 is 5.56 Å². The second-order valence-electron chi connectivity index (χ2n) is 4.98. The Morgan fingerprint density at radius 2 is 2.05 bits per heavy atom. The van der Waals surface area contributed by atoms with Crippen LogP contribution >= 0.6 is 0 Å². The molecule has 0 aliphatic carbocycles. The summed E-state index contributed by atoms with van der Waals surface area (Å²) in [4.78, 5) is 11.6. The Labute approximate surface area is 115 Å². The van der Waals surface area contributed by atoms with Gasteiger partial charge in [0.2, 0.25) is 10.0 Å². The lowest BCUT2D eigenvalue weighted by atomic mass is 10.00. The van der Waals surface area contributed by atoms with E-state index in [9.17, 15) is 13.2 Å². The molecule has 0 saturated carbocycles. The molecule has 3 heterocycles. The quantitative estimate of drug-likeness (QED) is 0.805. The molecule has 0 aromatic carbocycles. The minimum absolute atomic E-state index is 0.0374. The predicted octanol–water partition coefficient (Wildman–Crippen LogP) is -0.765. The van der Waals surface area contributed by atoms with E-state index in [4.69, 9.17) is 0 Å². The van der Waals surface area contributed by atoms with Crippen LogP contribution in [0.2, 0.25) is 0 Å². The van der Waals surface area contributed by atoms with E-state index in [1.807, 2.05) is 0 Å². The average molecular weight is 297 g/mol. The van der Waals surface area contributed by atoms with E-state index in [1.54, 1.807) is 14.1 Å². The second-order valence-corrected chi connectivity index (χ2v) is 6.92. The Hall–Kier alpha value is -1.87. The molecule has 2 aromatic heterocycles. The van der Waals surface area contributed by atoms with Crippen LogP contribution in [0.5, 0.6) is 0 Å². The van der Waals surface area contributed by atoms with Crippen molar-refractivity contribution >= 4 is 10.0 Å². The van der Waals surface area contributed by atoms with Gasteiger partial charge in [-0.3, -0.25) is 19.3 Å². The molecule has 0 spiro atoms. The van der Waals surface area contributed by atoms with Crippen LogP contribution in [-0.4, -0.2) is 45.4 Å². The molecular formula is C11H15N5O3S. The molecule has 9 heteroatoms. The third-order valence-corrected chi connectivity index (χ3v) is 5.30. The van der Waals surface area contributed by atoms with Gasteiger partial charge in [0.25, 0.3) is 5.56 Å². The van der Waals surface area contributed by atoms with Crippen LogP contribution in [0.4, 0.5) is 0 Å². The van der Waals surface area contributed by atoms with Crippen molar-refractivity contribution in [2.24, 2.45) is 14.1 Å². The molecule has 1 fully saturated rings. The van der Waals surface area contributed by atoms with Crippen molar-refractivity contribution in [1.29, 1.82) is 0 Å². The van der Waals surface area contributed by atoms with Gasteiger partial charge in [-0.2, -0.15) is 9.40 Å². The van der Waals surface area contributed by atoms with Gasteiger partial charge in [0, 0.05) is 51.1 Å². The summed E-state index contributed by atoms with van der Waals surface area (Å²) in [5, 5.41) is 6.80. The lowest BCUT2D eigenvalue weighted by Crippen LogP contribution is -2.48. The SMILES string of the molecule is Cn1cc(S(=O)(=O)N2CC(c3cc(=O)n(C)[nH]3)C2)cn1. The molecule has 3 rings (SSSR count). The monoisotopic (exact) mass is 297 g/mol. The molecule has 1 N–H and O–H groups in total. The summed E-state index contributed by atoms with van der Waals surface area (Å²) in [6.45, 7) is 0.744. The Kier molecular flexibility index (Phi) is 2.83. The number of H-pyrrole nitrogens is 1. The molecule has 0 bridgehead atoms. The van der Waals surface area contributed by atoms with Gasteiger partial charge in [0.1, 0.15) is 4.90 Å². The Bertz CT molecular complexity index is 794. The van der Waals surface area contributed by atoms with Crippen molar-refractivity contribution < 1.29 is 8.42 Å². The molecule has 0 unspecified atom stereocenters. The molecule has 1 aliphatic rings. The van der Waals surface area contributed by atoms with Gasteiger partial charge in [-0.05, 0) is 0 Å². The molecule has 0 amide bonds. The number of rotatable bonds is 3. The lowest BCUT2D eigenvalue weighted by Gasteiger charge is -2.37. The van der Waals surface area contributed by atoms with Gasteiger partial charge in [0.15, 0.2) is 0 Å². The van der Waals surface area contributed by atoms with Crippen molar-refractivity contribution in [2.75, 3.05) is 13.1 Å². The Morgan fingerprint density at radius 1 is 1.35 bits per heavy atom. The number of aromatic amines is 1. The van der Waals surface area contributed by atoms with E-state index in [0.717, 1.165) is 5.69 Å². The number of hydrogen-bond acceptors (Lipinski definition) is 4. The summed E-state index contributed by atoms with van der Waals surface area (Å²) in [5.74, 6) is 0.0374. The van der Waals surface area contributed by atoms with Gasteiger partial charge in [-0.15, -0.1) is 0 Å². The highest BCUT2D eigenvalue weighted by Crippen LogP contribution is 2.30. The van der Waals surface area contributed by atoms with Gasteiger partial charge in [-0.1, -0.05) is 0 Å². The second kappa shape index (κ2) is 4.32. The molecule has 20 heavy (non-hydrogen) atoms. The molecular weight excluding hydrogens is 282 g/mol. The van der Waals surface area contributed by atoms with Crippen molar-refractivity contribution in [2.45, 2.75) is 10.8 Å². The third-order valence-electron chi connectivity index (χ3n) is 3.51. The van der Waals surface area contributed by atoms with Gasteiger partial charge >= 0.3 is 0 Å². The Morgan fingerprint density at radius 3 is 2.55 bits per heavy atom. The number of sulfonamides is 1. The first-order valence-corrected chi connectivity index (χ1v) is 7.56. The number of nitrogens with one attached hydrogen (secondary N) is 1. The van der Waals surface area contributed by atoms with Crippen LogP contribution in [0, 0.1) is 0 Å². The van der Waals surface area contributed by atoms with Crippen LogP contribution in [0.1, 0.15) is 11.6 Å². The summed E-state index contributed by atoms with van der Waals surface area (Å²) >= 11 is 0. The van der Waals surface area contributed by atoms with Gasteiger partial charge < -0.3 is 0 Å². The van der Waals surface area contributed by atoms with E-state index in [2.05, 4.69) is 10.2 Å². The first kappa shape index (κ1) is 13.1. The first-order chi connectivity index (χ1) is 9.38. The summed E-state index contributed by atoms with van der Waals surface area (Å²) in [6.07, 6.45) is 2.82. The van der Waals surface area contributed by atoms with E-state index >= 15 is 0 Å². The maximum atomic E-state index is 12.3. The molecule has 2 aromatic rings. The average Bonchev–Trinajstić information content (AvgIpc) is 2.85. The zero-order chi connectivity index (χ0) is 14.5. The van der Waals surface area contributed by atoms with Crippen LogP contribution in [-0.2, 0) is 24.1 Å². The van der Waals surface area contributed by atoms with E-state index in [1.165, 1.54) is 32.1 Å². The zero-order valence-corrected chi connectivity index (χ0v) is 12.0. The van der Waals surface area contributed by atoms with Crippen LogP contribution in [0.15, 0.2) is 28.2 Å². The van der Waals surface area contributed by atoms with E-state index in [-0.39, 0.29) is 16.4 Å². The normalized spacial score (nSPS) is 17.3. The fourth-order valence-electron chi connectivity index (χ4n) is 2.23. The minimum Gasteiger partial charge on any atom is -0.300 e. The van der Waals surface area contributed by atoms with Gasteiger partial charge in [0.05, 0.1) is 6.20 Å². The largest absolute Gasteiger partial charge is 0.300 e. The summed E-state index contributed by atoms with van der Waals surface area (Å²) in [5.41, 5.74) is 0.656. The molecule has 1 saturated heterocycles. The minimum atomic E-state index is -3.47. The standard InChI is InChI=1S/C11H15N5O3S/c1-14-7-9(4-12-14)20(18,19)16-5-8(6-16)10-3-11(17)15(2)13-10/h3-4,7-8,13H,5-6H2,1-2H3. The van der Waals surface area contributed by atoms with E-state index < -0.39 is 10.0 Å². The van der Waals surface area contributed by atoms with Crippen molar-refractivity contribution in [3.05, 3.63) is 34.5 Å². The zero-order valence-electron chi connectivity index (χ0n) is 11.1. The van der Waals surface area contributed by atoms with Crippen molar-refractivity contribution in [3.63, 3.8) is 0 Å². The number of hydrogen-bond donors (Lipinski definition) is 1. The van der Waals surface area contributed by atoms with E-state index in [0.29, 0.717) is 13.1 Å². The van der Waals surface area contributed by atoms with Crippen molar-refractivity contribution in [3.8, 4) is 0 Å². The highest BCUT2D eigenvalue weighted by molar-refractivity contribution is 7.89. The fraction of sp³-hybridized carbons (Fsp3) is 0.455. The molecule has 108 valence electrons. The predicted molar refractivity (Wildman–Crippen MR) is 70.7 cm³/mol. The van der Waals surface area contributed by atoms with Crippen LogP contribution in [0.3, 0.4) is 0 Å². The third kappa shape index (κ3) is 1.98. The first-order valence-electron chi connectivity index (χ1n) is 6.12. The lowest BCUT2D eigenvalue weighted by molar-refractivity contribution is 0.259. The highest BCUT2D eigenvalue weighted by Gasteiger charge is 2.38. The van der Waals surface area contributed by atoms with Crippen LogP contribution in [0.25, 0.3) is 0 Å². The molecule has 8 nitrogen and oxygen atoms in total. The highest BCUT2D eigenvalue weighted by atomic mass is 32.2. The molecule has 0 atom stereocenters. The number of aromatic nitrogens is 4. The molecule has 1 aliphatic heterocycles. The maximum Gasteiger partial charge on any atom is 0.266 e. The summed E-state index contributed by atoms with van der Waals surface area (Å²) in [6, 6.07) is 1.51. The number of aryl methyl sites for hydroxylation is 2. The number of nitrogens with zero attached hydrogens (tertiary/aromatic N) is 4. The Balaban J connectivity index is 1.75. The topological polar surface area (TPSA) is 93.0 Å². The maximum absolute atomic E-state index is 12.3. The van der Waals surface area contributed by atoms with Gasteiger partial charge in [-0.25, -0.2) is 8.42 Å². The van der Waals surface area contributed by atoms with Crippen molar-refractivity contribution in [1.82, 2.24) is 23.9 Å². The molecule has 0 radical (unpaired) electrons. The fourth-order valence-corrected chi connectivity index (χ4v) is 3.75.